The smallest absolute Gasteiger partial charge is 0.270 e. The molecule has 0 radical (unpaired) electrons. The first-order valence-electron chi connectivity index (χ1n) is 12.6. The van der Waals surface area contributed by atoms with E-state index in [0.717, 1.165) is 27.4 Å². The SMILES string of the molecule is Cc1ccc(C(=O)N/C(=C\c2cn(-c3ccccc3)nc2-c2cccs2)C(=O)N2C[C@@H](C)O[C@@H](C)C2)cc1. The van der Waals surface area contributed by atoms with E-state index in [1.54, 1.807) is 39.1 Å². The Bertz CT molecular complexity index is 1430. The Morgan fingerprint density at radius 1 is 1.00 bits per heavy atom. The molecule has 1 aliphatic heterocycles. The van der Waals surface area contributed by atoms with E-state index in [0.29, 0.717) is 18.7 Å². The number of morpholine rings is 1. The van der Waals surface area contributed by atoms with Crippen LogP contribution in [0, 0.1) is 6.92 Å². The summed E-state index contributed by atoms with van der Waals surface area (Å²) >= 11 is 1.57. The van der Waals surface area contributed by atoms with Gasteiger partial charge in [-0.15, -0.1) is 11.3 Å². The lowest BCUT2D eigenvalue weighted by Gasteiger charge is -2.35. The van der Waals surface area contributed by atoms with Crippen LogP contribution in [-0.2, 0) is 9.53 Å². The van der Waals surface area contributed by atoms with E-state index in [9.17, 15) is 9.59 Å². The van der Waals surface area contributed by atoms with E-state index in [2.05, 4.69) is 5.32 Å². The number of rotatable bonds is 6. The molecule has 0 unspecified atom stereocenters. The molecule has 38 heavy (non-hydrogen) atoms. The van der Waals surface area contributed by atoms with E-state index in [4.69, 9.17) is 9.84 Å². The Balaban J connectivity index is 1.57. The number of para-hydroxylation sites is 1. The number of ether oxygens (including phenoxy) is 1. The van der Waals surface area contributed by atoms with Gasteiger partial charge in [-0.3, -0.25) is 9.59 Å². The molecule has 2 aromatic heterocycles. The summed E-state index contributed by atoms with van der Waals surface area (Å²) in [6.45, 7) is 6.75. The summed E-state index contributed by atoms with van der Waals surface area (Å²) in [5.41, 5.74) is 4.11. The maximum Gasteiger partial charge on any atom is 0.270 e. The number of amides is 2. The van der Waals surface area contributed by atoms with E-state index < -0.39 is 0 Å². The number of carbonyl (C=O) groups is 2. The van der Waals surface area contributed by atoms with Gasteiger partial charge >= 0.3 is 0 Å². The zero-order valence-electron chi connectivity index (χ0n) is 21.6. The molecule has 0 saturated carbocycles. The summed E-state index contributed by atoms with van der Waals surface area (Å²) in [5.74, 6) is -0.593. The maximum absolute atomic E-state index is 13.9. The normalized spacial score (nSPS) is 17.9. The summed E-state index contributed by atoms with van der Waals surface area (Å²) in [6, 6.07) is 21.1. The van der Waals surface area contributed by atoms with Gasteiger partial charge in [0, 0.05) is 30.4 Å². The lowest BCUT2D eigenvalue weighted by atomic mass is 10.1. The topological polar surface area (TPSA) is 76.5 Å². The van der Waals surface area contributed by atoms with Crippen molar-refractivity contribution >= 4 is 29.2 Å². The maximum atomic E-state index is 13.9. The van der Waals surface area contributed by atoms with Crippen LogP contribution in [0.1, 0.15) is 35.3 Å². The van der Waals surface area contributed by atoms with Crippen molar-refractivity contribution in [3.05, 3.63) is 101 Å². The number of aryl methyl sites for hydroxylation is 1. The van der Waals surface area contributed by atoms with Crippen LogP contribution in [0.4, 0.5) is 0 Å². The lowest BCUT2D eigenvalue weighted by molar-refractivity contribution is -0.139. The van der Waals surface area contributed by atoms with E-state index >= 15 is 0 Å². The first-order chi connectivity index (χ1) is 18.4. The molecule has 0 spiro atoms. The molecule has 1 saturated heterocycles. The molecule has 2 aromatic carbocycles. The number of benzene rings is 2. The first-order valence-corrected chi connectivity index (χ1v) is 13.5. The lowest BCUT2D eigenvalue weighted by Crippen LogP contribution is -2.50. The van der Waals surface area contributed by atoms with Crippen molar-refractivity contribution in [3.63, 3.8) is 0 Å². The molecule has 8 heteroatoms. The second kappa shape index (κ2) is 11.2. The van der Waals surface area contributed by atoms with Crippen LogP contribution in [-0.4, -0.2) is 51.8 Å². The minimum absolute atomic E-state index is 0.0979. The van der Waals surface area contributed by atoms with Gasteiger partial charge in [-0.2, -0.15) is 5.10 Å². The molecule has 2 amide bonds. The molecule has 1 N–H and O–H groups in total. The first kappa shape index (κ1) is 25.6. The largest absolute Gasteiger partial charge is 0.372 e. The van der Waals surface area contributed by atoms with Crippen molar-refractivity contribution in [1.82, 2.24) is 20.0 Å². The highest BCUT2D eigenvalue weighted by Gasteiger charge is 2.29. The van der Waals surface area contributed by atoms with E-state index in [1.807, 2.05) is 86.9 Å². The Kier molecular flexibility index (Phi) is 7.53. The minimum atomic E-state index is -0.341. The van der Waals surface area contributed by atoms with Crippen molar-refractivity contribution in [3.8, 4) is 16.3 Å². The average molecular weight is 527 g/mol. The summed E-state index contributed by atoms with van der Waals surface area (Å²) in [6.07, 6.45) is 3.43. The molecule has 1 fully saturated rings. The second-order valence-corrected chi connectivity index (χ2v) is 10.5. The van der Waals surface area contributed by atoms with Crippen molar-refractivity contribution in [2.75, 3.05) is 13.1 Å². The van der Waals surface area contributed by atoms with Crippen LogP contribution in [0.3, 0.4) is 0 Å². The number of aromatic nitrogens is 2. The van der Waals surface area contributed by atoms with Crippen LogP contribution < -0.4 is 5.32 Å². The Morgan fingerprint density at radius 2 is 1.71 bits per heavy atom. The standard InChI is InChI=1S/C30H30N4O3S/c1-20-11-13-23(14-12-20)29(35)31-26(30(36)33-17-21(2)37-22(3)18-33)16-24-19-34(25-8-5-4-6-9-25)32-28(24)27-10-7-15-38-27/h4-16,19,21-22H,17-18H2,1-3H3,(H,31,35)/b26-16-/t21-,22+. The van der Waals surface area contributed by atoms with Gasteiger partial charge in [-0.1, -0.05) is 42.0 Å². The van der Waals surface area contributed by atoms with Gasteiger partial charge in [0.1, 0.15) is 11.4 Å². The van der Waals surface area contributed by atoms with E-state index in [-0.39, 0.29) is 29.7 Å². The predicted molar refractivity (Wildman–Crippen MR) is 150 cm³/mol. The van der Waals surface area contributed by atoms with Gasteiger partial charge in [-0.25, -0.2) is 4.68 Å². The quantitative estimate of drug-likeness (QED) is 0.345. The van der Waals surface area contributed by atoms with Gasteiger partial charge in [0.2, 0.25) is 0 Å². The third-order valence-corrected chi connectivity index (χ3v) is 7.19. The van der Waals surface area contributed by atoms with Crippen LogP contribution in [0.25, 0.3) is 22.3 Å². The molecule has 2 atom stereocenters. The fourth-order valence-electron chi connectivity index (χ4n) is 4.53. The van der Waals surface area contributed by atoms with Crippen molar-refractivity contribution < 1.29 is 14.3 Å². The molecule has 0 bridgehead atoms. The summed E-state index contributed by atoms with van der Waals surface area (Å²) in [5, 5.41) is 9.74. The minimum Gasteiger partial charge on any atom is -0.372 e. The second-order valence-electron chi connectivity index (χ2n) is 9.54. The van der Waals surface area contributed by atoms with Crippen LogP contribution in [0.2, 0.25) is 0 Å². The zero-order chi connectivity index (χ0) is 26.6. The monoisotopic (exact) mass is 526 g/mol. The zero-order valence-corrected chi connectivity index (χ0v) is 22.4. The molecule has 7 nitrogen and oxygen atoms in total. The highest BCUT2D eigenvalue weighted by Crippen LogP contribution is 2.29. The van der Waals surface area contributed by atoms with Crippen LogP contribution >= 0.6 is 11.3 Å². The number of nitrogens with zero attached hydrogens (tertiary/aromatic N) is 3. The fourth-order valence-corrected chi connectivity index (χ4v) is 5.26. The van der Waals surface area contributed by atoms with E-state index in [1.165, 1.54) is 0 Å². The number of carbonyl (C=O) groups excluding carboxylic acids is 2. The molecule has 4 aromatic rings. The average Bonchev–Trinajstić information content (AvgIpc) is 3.58. The number of hydrogen-bond acceptors (Lipinski definition) is 5. The highest BCUT2D eigenvalue weighted by molar-refractivity contribution is 7.13. The molecule has 3 heterocycles. The summed E-state index contributed by atoms with van der Waals surface area (Å²) < 4.78 is 7.63. The summed E-state index contributed by atoms with van der Waals surface area (Å²) in [4.78, 5) is 29.8. The van der Waals surface area contributed by atoms with Gasteiger partial charge in [-0.05, 0) is 62.6 Å². The number of nitrogens with one attached hydrogen (secondary N) is 1. The third kappa shape index (κ3) is 5.77. The molecule has 1 aliphatic rings. The third-order valence-electron chi connectivity index (χ3n) is 6.32. The Hall–Kier alpha value is -4.01. The fraction of sp³-hybridized carbons (Fsp3) is 0.233. The molecular weight excluding hydrogens is 496 g/mol. The predicted octanol–water partition coefficient (Wildman–Crippen LogP) is 5.32. The van der Waals surface area contributed by atoms with Crippen molar-refractivity contribution in [1.29, 1.82) is 0 Å². The van der Waals surface area contributed by atoms with Crippen LogP contribution in [0.5, 0.6) is 0 Å². The Morgan fingerprint density at radius 3 is 2.37 bits per heavy atom. The van der Waals surface area contributed by atoms with Gasteiger partial charge in [0.15, 0.2) is 0 Å². The number of hydrogen-bond donors (Lipinski definition) is 1. The van der Waals surface area contributed by atoms with Gasteiger partial charge in [0.05, 0.1) is 22.8 Å². The summed E-state index contributed by atoms with van der Waals surface area (Å²) in [7, 11) is 0. The van der Waals surface area contributed by atoms with Gasteiger partial charge in [0.25, 0.3) is 11.8 Å². The van der Waals surface area contributed by atoms with Crippen molar-refractivity contribution in [2.24, 2.45) is 0 Å². The molecule has 0 aliphatic carbocycles. The molecule has 5 rings (SSSR count). The van der Waals surface area contributed by atoms with Crippen LogP contribution in [0.15, 0.2) is 84.0 Å². The van der Waals surface area contributed by atoms with Gasteiger partial charge < -0.3 is 15.0 Å². The number of thiophene rings is 1. The molecule has 194 valence electrons. The Labute approximate surface area is 226 Å². The van der Waals surface area contributed by atoms with Crippen molar-refractivity contribution in [2.45, 2.75) is 33.0 Å². The molecular formula is C30H30N4O3S. The highest BCUT2D eigenvalue weighted by atomic mass is 32.1.